The van der Waals surface area contributed by atoms with Crippen molar-refractivity contribution in [2.24, 2.45) is 10.1 Å². The Morgan fingerprint density at radius 2 is 2.15 bits per heavy atom. The van der Waals surface area contributed by atoms with Crippen LogP contribution in [0.2, 0.25) is 5.02 Å². The highest BCUT2D eigenvalue weighted by molar-refractivity contribution is 8.42. The SMILES string of the molecule is CCS(=O)(=O)C1=NN2C(=N)/C(=C/c3cc(Cl)c(OC(=O)c4ccco4)c(OC)c3)C(=O)N=C2S1. The van der Waals surface area contributed by atoms with Crippen LogP contribution in [0.25, 0.3) is 6.08 Å². The van der Waals surface area contributed by atoms with E-state index in [-0.39, 0.29) is 49.0 Å². The van der Waals surface area contributed by atoms with Crippen molar-refractivity contribution in [1.82, 2.24) is 5.01 Å². The molecule has 0 bridgehead atoms. The highest BCUT2D eigenvalue weighted by atomic mass is 35.5. The molecule has 1 N–H and O–H groups in total. The Hall–Kier alpha value is -3.42. The number of rotatable bonds is 5. The second-order valence-corrected chi connectivity index (χ2v) is 10.5. The van der Waals surface area contributed by atoms with E-state index < -0.39 is 21.7 Å². The van der Waals surface area contributed by atoms with Crippen LogP contribution in [0.15, 0.2) is 50.6 Å². The van der Waals surface area contributed by atoms with Crippen LogP contribution in [0.3, 0.4) is 0 Å². The fourth-order valence-electron chi connectivity index (χ4n) is 2.85. The number of amidine groups is 2. The summed E-state index contributed by atoms with van der Waals surface area (Å²) in [6.07, 6.45) is 2.64. The molecule has 11 nitrogen and oxygen atoms in total. The fraction of sp³-hybridized carbons (Fsp3) is 0.150. The van der Waals surface area contributed by atoms with Crippen molar-refractivity contribution in [2.75, 3.05) is 12.9 Å². The number of fused-ring (bicyclic) bond motifs is 1. The van der Waals surface area contributed by atoms with E-state index in [1.165, 1.54) is 50.6 Å². The molecule has 4 rings (SSSR count). The molecule has 0 radical (unpaired) electrons. The number of furan rings is 1. The third-order valence-electron chi connectivity index (χ3n) is 4.56. The van der Waals surface area contributed by atoms with Crippen LogP contribution in [0.5, 0.6) is 11.5 Å². The van der Waals surface area contributed by atoms with Gasteiger partial charge in [0.15, 0.2) is 17.3 Å². The first-order valence-electron chi connectivity index (χ1n) is 9.50. The quantitative estimate of drug-likeness (QED) is 0.354. The van der Waals surface area contributed by atoms with Gasteiger partial charge in [-0.25, -0.2) is 13.2 Å². The molecule has 0 aliphatic carbocycles. The van der Waals surface area contributed by atoms with Crippen LogP contribution < -0.4 is 9.47 Å². The molecule has 176 valence electrons. The van der Waals surface area contributed by atoms with E-state index in [0.717, 1.165) is 5.01 Å². The number of ether oxygens (including phenoxy) is 2. The summed E-state index contributed by atoms with van der Waals surface area (Å²) in [4.78, 5) is 28.7. The van der Waals surface area contributed by atoms with Gasteiger partial charge < -0.3 is 13.9 Å². The molecule has 2 aliphatic heterocycles. The topological polar surface area (TPSA) is 152 Å². The molecule has 0 atom stereocenters. The maximum Gasteiger partial charge on any atom is 0.379 e. The van der Waals surface area contributed by atoms with Gasteiger partial charge in [0.1, 0.15) is 0 Å². The largest absolute Gasteiger partial charge is 0.493 e. The Bertz CT molecular complexity index is 1410. The predicted molar refractivity (Wildman–Crippen MR) is 126 cm³/mol. The lowest BCUT2D eigenvalue weighted by Gasteiger charge is -2.20. The smallest absolute Gasteiger partial charge is 0.379 e. The summed E-state index contributed by atoms with van der Waals surface area (Å²) in [5.41, 5.74) is 0.185. The van der Waals surface area contributed by atoms with Gasteiger partial charge in [-0.2, -0.15) is 10.0 Å². The van der Waals surface area contributed by atoms with Crippen molar-refractivity contribution in [2.45, 2.75) is 6.92 Å². The van der Waals surface area contributed by atoms with Crippen molar-refractivity contribution >= 4 is 66.5 Å². The maximum atomic E-state index is 12.6. The second kappa shape index (κ2) is 9.08. The summed E-state index contributed by atoms with van der Waals surface area (Å²) in [5.74, 6) is -2.08. The van der Waals surface area contributed by atoms with Gasteiger partial charge in [-0.05, 0) is 47.7 Å². The second-order valence-electron chi connectivity index (χ2n) is 6.69. The number of methoxy groups -OCH3 is 1. The van der Waals surface area contributed by atoms with Gasteiger partial charge in [0, 0.05) is 0 Å². The van der Waals surface area contributed by atoms with E-state index in [0.29, 0.717) is 17.3 Å². The molecular formula is C20H15ClN4O7S2. The predicted octanol–water partition coefficient (Wildman–Crippen LogP) is 3.17. The lowest BCUT2D eigenvalue weighted by molar-refractivity contribution is -0.114. The minimum Gasteiger partial charge on any atom is -0.493 e. The number of esters is 1. The molecule has 0 saturated heterocycles. The number of hydrogen-bond acceptors (Lipinski definition) is 10. The molecule has 0 saturated carbocycles. The number of hydrazone groups is 1. The highest BCUT2D eigenvalue weighted by Gasteiger charge is 2.39. The molecule has 3 heterocycles. The fourth-order valence-corrected chi connectivity index (χ4v) is 5.27. The summed E-state index contributed by atoms with van der Waals surface area (Å²) < 4.78 is 39.6. The van der Waals surface area contributed by atoms with Crippen molar-refractivity contribution in [3.8, 4) is 11.5 Å². The molecule has 14 heteroatoms. The normalized spacial score (nSPS) is 16.9. The van der Waals surface area contributed by atoms with Gasteiger partial charge in [0.2, 0.25) is 25.1 Å². The first kappa shape index (κ1) is 23.7. The number of thioether (sulfide) groups is 1. The minimum absolute atomic E-state index is 0.00356. The third kappa shape index (κ3) is 4.36. The molecule has 1 aromatic carbocycles. The average Bonchev–Trinajstić information content (AvgIpc) is 3.49. The molecule has 2 aromatic rings. The highest BCUT2D eigenvalue weighted by Crippen LogP contribution is 2.38. The summed E-state index contributed by atoms with van der Waals surface area (Å²) in [7, 11) is -2.30. The Morgan fingerprint density at radius 1 is 1.38 bits per heavy atom. The van der Waals surface area contributed by atoms with Crippen LogP contribution >= 0.6 is 23.4 Å². The maximum absolute atomic E-state index is 12.6. The van der Waals surface area contributed by atoms with Crippen molar-refractivity contribution in [1.29, 1.82) is 5.41 Å². The number of halogens is 1. The van der Waals surface area contributed by atoms with Crippen molar-refractivity contribution in [3.63, 3.8) is 0 Å². The van der Waals surface area contributed by atoms with Gasteiger partial charge in [-0.15, -0.1) is 5.10 Å². The summed E-state index contributed by atoms with van der Waals surface area (Å²) >= 11 is 7.01. The van der Waals surface area contributed by atoms with E-state index >= 15 is 0 Å². The molecule has 2 aliphatic rings. The molecule has 0 spiro atoms. The Balaban J connectivity index is 1.67. The molecule has 0 unspecified atom stereocenters. The van der Waals surface area contributed by atoms with Crippen molar-refractivity contribution in [3.05, 3.63) is 52.4 Å². The van der Waals surface area contributed by atoms with E-state index in [1.807, 2.05) is 0 Å². The first-order valence-corrected chi connectivity index (χ1v) is 12.4. The number of sulfone groups is 1. The van der Waals surface area contributed by atoms with E-state index in [9.17, 15) is 18.0 Å². The Kier molecular flexibility index (Phi) is 6.34. The van der Waals surface area contributed by atoms with E-state index in [1.54, 1.807) is 0 Å². The minimum atomic E-state index is -3.64. The number of hydrogen-bond donors (Lipinski definition) is 1. The van der Waals surface area contributed by atoms with Crippen LogP contribution in [0, 0.1) is 5.41 Å². The van der Waals surface area contributed by atoms with E-state index in [2.05, 4.69) is 10.1 Å². The molecule has 34 heavy (non-hydrogen) atoms. The van der Waals surface area contributed by atoms with E-state index in [4.69, 9.17) is 30.9 Å². The average molecular weight is 523 g/mol. The molecule has 1 aromatic heterocycles. The summed E-state index contributed by atoms with van der Waals surface area (Å²) in [6, 6.07) is 5.79. The Labute approximate surface area is 202 Å². The molecule has 0 fully saturated rings. The van der Waals surface area contributed by atoms with Gasteiger partial charge >= 0.3 is 5.97 Å². The van der Waals surface area contributed by atoms with Gasteiger partial charge in [0.05, 0.1) is 29.7 Å². The Morgan fingerprint density at radius 3 is 2.79 bits per heavy atom. The zero-order chi connectivity index (χ0) is 24.6. The van der Waals surface area contributed by atoms with Crippen molar-refractivity contribution < 1.29 is 31.9 Å². The number of carbonyl (C=O) groups is 2. The monoisotopic (exact) mass is 522 g/mol. The van der Waals surface area contributed by atoms with Gasteiger partial charge in [0.25, 0.3) is 5.91 Å². The standard InChI is InChI=1S/C20H15ClN4O7S2/c1-3-34(28,29)20-24-25-16(22)11(17(26)23-19(25)33-20)7-10-8-12(21)15(14(9-10)30-2)32-18(27)13-5-4-6-31-13/h4-9,22H,3H2,1-2H3/b11-7-,22-16?. The van der Waals surface area contributed by atoms with Crippen LogP contribution in [-0.4, -0.2) is 53.5 Å². The van der Waals surface area contributed by atoms with Crippen LogP contribution in [0.1, 0.15) is 23.0 Å². The van der Waals surface area contributed by atoms with Crippen LogP contribution in [0.4, 0.5) is 0 Å². The number of amides is 1. The zero-order valence-electron chi connectivity index (χ0n) is 17.6. The number of carbonyl (C=O) groups excluding carboxylic acids is 2. The third-order valence-corrected chi connectivity index (χ3v) is 7.93. The number of nitrogens with zero attached hydrogens (tertiary/aromatic N) is 3. The van der Waals surface area contributed by atoms with Crippen LogP contribution in [-0.2, 0) is 14.6 Å². The zero-order valence-corrected chi connectivity index (χ0v) is 20.0. The molecular weight excluding hydrogens is 508 g/mol. The number of aliphatic imine (C=N–C) groups is 1. The molecule has 1 amide bonds. The number of nitrogens with one attached hydrogen (secondary N) is 1. The van der Waals surface area contributed by atoms with Gasteiger partial charge in [-0.1, -0.05) is 18.5 Å². The lowest BCUT2D eigenvalue weighted by atomic mass is 10.1. The summed E-state index contributed by atoms with van der Waals surface area (Å²) in [5, 5.41) is 13.3. The lowest BCUT2D eigenvalue weighted by Crippen LogP contribution is -2.35. The van der Waals surface area contributed by atoms with Gasteiger partial charge in [-0.3, -0.25) is 10.2 Å². The summed E-state index contributed by atoms with van der Waals surface area (Å²) in [6.45, 7) is 1.46. The first-order chi connectivity index (χ1) is 16.1. The number of benzene rings is 1.